The van der Waals surface area contributed by atoms with Gasteiger partial charge in [-0.25, -0.2) is 4.39 Å². The van der Waals surface area contributed by atoms with Gasteiger partial charge in [0.2, 0.25) is 5.91 Å². The van der Waals surface area contributed by atoms with Crippen molar-refractivity contribution < 1.29 is 18.7 Å². The lowest BCUT2D eigenvalue weighted by Gasteiger charge is -2.11. The molecule has 0 aliphatic carbocycles. The van der Waals surface area contributed by atoms with Gasteiger partial charge in [0.1, 0.15) is 11.6 Å². The molecule has 7 heteroatoms. The minimum atomic E-state index is -0.396. The minimum Gasteiger partial charge on any atom is -0.492 e. The second kappa shape index (κ2) is 10.5. The van der Waals surface area contributed by atoms with E-state index in [1.165, 1.54) is 36.0 Å². The Hall–Kier alpha value is -3.32. The molecule has 0 aliphatic rings. The third-order valence-corrected chi connectivity index (χ3v) is 5.02. The fourth-order valence-electron chi connectivity index (χ4n) is 2.65. The molecule has 0 aliphatic heterocycles. The second-order valence-corrected chi connectivity index (χ2v) is 7.30. The van der Waals surface area contributed by atoms with Gasteiger partial charge in [-0.1, -0.05) is 18.2 Å². The molecule has 0 spiro atoms. The number of para-hydroxylation sites is 2. The van der Waals surface area contributed by atoms with Crippen molar-refractivity contribution in [3.63, 3.8) is 0 Å². The first-order valence-corrected chi connectivity index (χ1v) is 10.3. The zero-order chi connectivity index (χ0) is 21.3. The van der Waals surface area contributed by atoms with Crippen LogP contribution in [-0.4, -0.2) is 24.2 Å². The van der Waals surface area contributed by atoms with E-state index in [-0.39, 0.29) is 17.6 Å². The van der Waals surface area contributed by atoms with E-state index in [0.717, 1.165) is 4.90 Å². The van der Waals surface area contributed by atoms with Crippen LogP contribution < -0.4 is 15.4 Å². The van der Waals surface area contributed by atoms with Gasteiger partial charge >= 0.3 is 0 Å². The Morgan fingerprint density at radius 1 is 0.967 bits per heavy atom. The summed E-state index contributed by atoms with van der Waals surface area (Å²) in [5, 5.41) is 5.63. The second-order valence-electron chi connectivity index (χ2n) is 6.25. The standard InChI is InChI=1S/C23H21FN2O3S/c1-2-29-21-9-4-3-8-20(21)26-22(27)15-30-19-7-5-6-18(14-19)25-23(28)16-10-12-17(24)13-11-16/h3-14H,2,15H2,1H3,(H,25,28)(H,26,27). The van der Waals surface area contributed by atoms with E-state index in [1.54, 1.807) is 30.3 Å². The summed E-state index contributed by atoms with van der Waals surface area (Å²) < 4.78 is 18.5. The number of hydrogen-bond donors (Lipinski definition) is 2. The third kappa shape index (κ3) is 6.09. The monoisotopic (exact) mass is 424 g/mol. The molecule has 0 fully saturated rings. The Balaban J connectivity index is 1.57. The van der Waals surface area contributed by atoms with Crippen molar-refractivity contribution in [2.45, 2.75) is 11.8 Å². The van der Waals surface area contributed by atoms with Crippen molar-refractivity contribution in [1.29, 1.82) is 0 Å². The highest BCUT2D eigenvalue weighted by molar-refractivity contribution is 8.00. The Kier molecular flexibility index (Phi) is 7.45. The van der Waals surface area contributed by atoms with Gasteiger partial charge in [0.05, 0.1) is 18.0 Å². The SMILES string of the molecule is CCOc1ccccc1NC(=O)CSc1cccc(NC(=O)c2ccc(F)cc2)c1. The molecule has 0 saturated heterocycles. The van der Waals surface area contributed by atoms with E-state index in [1.807, 2.05) is 25.1 Å². The normalized spacial score (nSPS) is 10.3. The van der Waals surface area contributed by atoms with Gasteiger partial charge in [-0.2, -0.15) is 0 Å². The van der Waals surface area contributed by atoms with Crippen LogP contribution in [0.15, 0.2) is 77.7 Å². The van der Waals surface area contributed by atoms with E-state index >= 15 is 0 Å². The zero-order valence-electron chi connectivity index (χ0n) is 16.4. The summed E-state index contributed by atoms with van der Waals surface area (Å²) in [7, 11) is 0. The summed E-state index contributed by atoms with van der Waals surface area (Å²) in [6.45, 7) is 2.40. The highest BCUT2D eigenvalue weighted by Crippen LogP contribution is 2.25. The van der Waals surface area contributed by atoms with E-state index in [0.29, 0.717) is 29.3 Å². The number of hydrogen-bond acceptors (Lipinski definition) is 4. The van der Waals surface area contributed by atoms with Crippen molar-refractivity contribution in [2.75, 3.05) is 23.0 Å². The highest BCUT2D eigenvalue weighted by atomic mass is 32.2. The first-order chi connectivity index (χ1) is 14.5. The molecule has 0 unspecified atom stereocenters. The smallest absolute Gasteiger partial charge is 0.255 e. The molecular weight excluding hydrogens is 403 g/mol. The van der Waals surface area contributed by atoms with Crippen LogP contribution in [0.3, 0.4) is 0 Å². The minimum absolute atomic E-state index is 0.159. The zero-order valence-corrected chi connectivity index (χ0v) is 17.2. The molecule has 0 aromatic heterocycles. The van der Waals surface area contributed by atoms with Crippen LogP contribution in [0.1, 0.15) is 17.3 Å². The highest BCUT2D eigenvalue weighted by Gasteiger charge is 2.10. The molecular formula is C23H21FN2O3S. The van der Waals surface area contributed by atoms with Crippen molar-refractivity contribution in [2.24, 2.45) is 0 Å². The molecule has 3 aromatic rings. The summed E-state index contributed by atoms with van der Waals surface area (Å²) in [6.07, 6.45) is 0. The Bertz CT molecular complexity index is 1020. The van der Waals surface area contributed by atoms with Crippen LogP contribution in [0.25, 0.3) is 0 Å². The summed E-state index contributed by atoms with van der Waals surface area (Å²) in [4.78, 5) is 25.4. The summed E-state index contributed by atoms with van der Waals surface area (Å²) in [5.41, 5.74) is 1.59. The van der Waals surface area contributed by atoms with Crippen LogP contribution >= 0.6 is 11.8 Å². The molecule has 3 rings (SSSR count). The number of carbonyl (C=O) groups excluding carboxylic acids is 2. The maximum Gasteiger partial charge on any atom is 0.255 e. The lowest BCUT2D eigenvalue weighted by molar-refractivity contribution is -0.113. The number of thioether (sulfide) groups is 1. The van der Waals surface area contributed by atoms with Crippen molar-refractivity contribution in [3.8, 4) is 5.75 Å². The van der Waals surface area contributed by atoms with Gasteiger partial charge in [0.15, 0.2) is 0 Å². The number of carbonyl (C=O) groups is 2. The summed E-state index contributed by atoms with van der Waals surface area (Å²) in [6, 6.07) is 19.8. The van der Waals surface area contributed by atoms with E-state index < -0.39 is 5.82 Å². The van der Waals surface area contributed by atoms with Gasteiger partial charge < -0.3 is 15.4 Å². The molecule has 2 amide bonds. The fraction of sp³-hybridized carbons (Fsp3) is 0.130. The Labute approximate surface area is 178 Å². The molecule has 0 atom stereocenters. The van der Waals surface area contributed by atoms with Crippen molar-refractivity contribution >= 4 is 35.0 Å². The number of benzene rings is 3. The molecule has 3 aromatic carbocycles. The van der Waals surface area contributed by atoms with Crippen LogP contribution in [0.4, 0.5) is 15.8 Å². The van der Waals surface area contributed by atoms with Crippen LogP contribution in [0.2, 0.25) is 0 Å². The van der Waals surface area contributed by atoms with Gasteiger partial charge in [0, 0.05) is 16.1 Å². The predicted molar refractivity (Wildman–Crippen MR) is 118 cm³/mol. The van der Waals surface area contributed by atoms with Gasteiger partial charge in [0.25, 0.3) is 5.91 Å². The quantitative estimate of drug-likeness (QED) is 0.487. The molecule has 30 heavy (non-hydrogen) atoms. The van der Waals surface area contributed by atoms with Gasteiger partial charge in [-0.15, -0.1) is 11.8 Å². The maximum atomic E-state index is 13.0. The molecule has 0 heterocycles. The third-order valence-electron chi connectivity index (χ3n) is 4.03. The molecule has 0 radical (unpaired) electrons. The number of amides is 2. The van der Waals surface area contributed by atoms with Crippen LogP contribution in [0.5, 0.6) is 5.75 Å². The molecule has 154 valence electrons. The van der Waals surface area contributed by atoms with E-state index in [9.17, 15) is 14.0 Å². The predicted octanol–water partition coefficient (Wildman–Crippen LogP) is 5.21. The number of anilines is 2. The van der Waals surface area contributed by atoms with Crippen LogP contribution in [0, 0.1) is 5.82 Å². The molecule has 5 nitrogen and oxygen atoms in total. The van der Waals surface area contributed by atoms with Crippen molar-refractivity contribution in [1.82, 2.24) is 0 Å². The number of ether oxygens (including phenoxy) is 1. The van der Waals surface area contributed by atoms with E-state index in [2.05, 4.69) is 10.6 Å². The Morgan fingerprint density at radius 2 is 1.73 bits per heavy atom. The van der Waals surface area contributed by atoms with Gasteiger partial charge in [-0.05, 0) is 61.5 Å². The number of nitrogens with one attached hydrogen (secondary N) is 2. The number of rotatable bonds is 8. The van der Waals surface area contributed by atoms with Crippen LogP contribution in [-0.2, 0) is 4.79 Å². The fourth-order valence-corrected chi connectivity index (χ4v) is 3.41. The van der Waals surface area contributed by atoms with Crippen molar-refractivity contribution in [3.05, 3.63) is 84.2 Å². The molecule has 2 N–H and O–H groups in total. The topological polar surface area (TPSA) is 67.4 Å². The lowest BCUT2D eigenvalue weighted by atomic mass is 10.2. The first kappa shape index (κ1) is 21.4. The molecule has 0 saturated carbocycles. The lowest BCUT2D eigenvalue weighted by Crippen LogP contribution is -2.15. The average molecular weight is 424 g/mol. The largest absolute Gasteiger partial charge is 0.492 e. The Morgan fingerprint density at radius 3 is 2.50 bits per heavy atom. The maximum absolute atomic E-state index is 13.0. The summed E-state index contributed by atoms with van der Waals surface area (Å²) >= 11 is 1.35. The average Bonchev–Trinajstić information content (AvgIpc) is 2.74. The molecule has 0 bridgehead atoms. The van der Waals surface area contributed by atoms with Gasteiger partial charge in [-0.3, -0.25) is 9.59 Å². The van der Waals surface area contributed by atoms with E-state index in [4.69, 9.17) is 4.74 Å². The number of halogens is 1. The summed E-state index contributed by atoms with van der Waals surface area (Å²) in [5.74, 6) is -0.0539. The first-order valence-electron chi connectivity index (χ1n) is 9.36.